The largest absolute Gasteiger partial charge is 0.393 e. The van der Waals surface area contributed by atoms with Crippen molar-refractivity contribution in [3.05, 3.63) is 75.4 Å². The molecule has 0 radical (unpaired) electrons. The predicted molar refractivity (Wildman–Crippen MR) is 144 cm³/mol. The summed E-state index contributed by atoms with van der Waals surface area (Å²) in [6.45, 7) is 0.579. The first-order chi connectivity index (χ1) is 17.9. The number of nitriles is 1. The summed E-state index contributed by atoms with van der Waals surface area (Å²) in [7, 11) is 0. The molecule has 1 aromatic heterocycles. The van der Waals surface area contributed by atoms with Crippen molar-refractivity contribution in [3.63, 3.8) is 0 Å². The van der Waals surface area contributed by atoms with Crippen LogP contribution < -0.4 is 16.4 Å². The first-order valence-corrected chi connectivity index (χ1v) is 13.1. The van der Waals surface area contributed by atoms with Gasteiger partial charge in [0.2, 0.25) is 6.41 Å². The molecule has 1 saturated carbocycles. The number of rotatable bonds is 11. The molecule has 2 aliphatic carbocycles. The summed E-state index contributed by atoms with van der Waals surface area (Å²) in [5.41, 5.74) is 9.88. The van der Waals surface area contributed by atoms with E-state index in [1.54, 1.807) is 23.5 Å². The van der Waals surface area contributed by atoms with Crippen molar-refractivity contribution in [3.8, 4) is 17.2 Å². The van der Waals surface area contributed by atoms with Crippen LogP contribution in [0.3, 0.4) is 0 Å². The average Bonchev–Trinajstić information content (AvgIpc) is 3.28. The van der Waals surface area contributed by atoms with Crippen molar-refractivity contribution in [2.45, 2.75) is 50.3 Å². The van der Waals surface area contributed by atoms with Gasteiger partial charge in [0.05, 0.1) is 17.4 Å². The zero-order valence-corrected chi connectivity index (χ0v) is 21.2. The van der Waals surface area contributed by atoms with E-state index in [-0.39, 0.29) is 23.8 Å². The Morgan fingerprint density at radius 3 is 2.84 bits per heavy atom. The van der Waals surface area contributed by atoms with Crippen molar-refractivity contribution in [1.29, 1.82) is 10.7 Å². The molecule has 1 unspecified atom stereocenters. The molecular formula is C28H30FN5O2S. The van der Waals surface area contributed by atoms with Crippen molar-refractivity contribution in [1.82, 2.24) is 10.6 Å². The van der Waals surface area contributed by atoms with Gasteiger partial charge in [0.1, 0.15) is 11.9 Å². The summed E-state index contributed by atoms with van der Waals surface area (Å²) in [5, 5.41) is 32.9. The fraction of sp³-hybridized carbons (Fsp3) is 0.321. The van der Waals surface area contributed by atoms with Crippen LogP contribution in [-0.2, 0) is 11.2 Å². The monoisotopic (exact) mass is 519 g/mol. The van der Waals surface area contributed by atoms with Gasteiger partial charge in [-0.25, -0.2) is 4.39 Å². The topological polar surface area (TPSA) is 135 Å². The second kappa shape index (κ2) is 12.1. The number of amides is 1. The summed E-state index contributed by atoms with van der Waals surface area (Å²) in [5.74, 6) is -0.569. The second-order valence-corrected chi connectivity index (χ2v) is 10.5. The summed E-state index contributed by atoms with van der Waals surface area (Å²) in [6.07, 6.45) is 11.4. The van der Waals surface area contributed by atoms with Crippen molar-refractivity contribution >= 4 is 29.0 Å². The van der Waals surface area contributed by atoms with Crippen LogP contribution in [0.4, 0.5) is 4.39 Å². The highest BCUT2D eigenvalue weighted by atomic mass is 32.1. The minimum absolute atomic E-state index is 0.00524. The highest BCUT2D eigenvalue weighted by Crippen LogP contribution is 2.39. The van der Waals surface area contributed by atoms with Crippen LogP contribution in [0, 0.1) is 22.6 Å². The third-order valence-electron chi connectivity index (χ3n) is 6.53. The van der Waals surface area contributed by atoms with Crippen molar-refractivity contribution < 1.29 is 14.3 Å². The second-order valence-electron chi connectivity index (χ2n) is 9.38. The molecule has 7 nitrogen and oxygen atoms in total. The number of hydrogen-bond donors (Lipinski definition) is 5. The van der Waals surface area contributed by atoms with E-state index in [4.69, 9.17) is 16.4 Å². The number of carbonyl (C=O) groups is 1. The van der Waals surface area contributed by atoms with Gasteiger partial charge in [-0.1, -0.05) is 12.1 Å². The van der Waals surface area contributed by atoms with Crippen LogP contribution in [0.25, 0.3) is 16.7 Å². The van der Waals surface area contributed by atoms with Crippen LogP contribution in [0.2, 0.25) is 0 Å². The summed E-state index contributed by atoms with van der Waals surface area (Å²) in [6, 6.07) is 8.62. The molecule has 192 valence electrons. The highest BCUT2D eigenvalue weighted by molar-refractivity contribution is 7.13. The van der Waals surface area contributed by atoms with E-state index in [9.17, 15) is 14.3 Å². The van der Waals surface area contributed by atoms with E-state index >= 15 is 0 Å². The van der Waals surface area contributed by atoms with E-state index in [1.165, 1.54) is 12.1 Å². The maximum Gasteiger partial charge on any atom is 0.207 e. The van der Waals surface area contributed by atoms with E-state index in [1.807, 2.05) is 30.5 Å². The molecule has 1 amide bonds. The fourth-order valence-electron chi connectivity index (χ4n) is 4.39. The Morgan fingerprint density at radius 1 is 1.32 bits per heavy atom. The number of halogens is 1. The molecule has 0 bridgehead atoms. The van der Waals surface area contributed by atoms with Crippen LogP contribution in [0.5, 0.6) is 0 Å². The fourth-order valence-corrected chi connectivity index (χ4v) is 5.65. The lowest BCUT2D eigenvalue weighted by Crippen LogP contribution is -2.42. The minimum atomic E-state index is -0.569. The third-order valence-corrected chi connectivity index (χ3v) is 7.73. The van der Waals surface area contributed by atoms with Gasteiger partial charge >= 0.3 is 0 Å². The average molecular weight is 520 g/mol. The van der Waals surface area contributed by atoms with Crippen molar-refractivity contribution in [2.24, 2.45) is 5.73 Å². The van der Waals surface area contributed by atoms with Gasteiger partial charge in [-0.3, -0.25) is 4.79 Å². The lowest BCUT2D eigenvalue weighted by Gasteiger charge is -2.31. The number of allylic oxidation sites excluding steroid dienone is 5. The lowest BCUT2D eigenvalue weighted by atomic mass is 9.89. The van der Waals surface area contributed by atoms with Gasteiger partial charge < -0.3 is 26.9 Å². The Hall–Kier alpha value is -3.58. The zero-order chi connectivity index (χ0) is 26.4. The summed E-state index contributed by atoms with van der Waals surface area (Å²) >= 11 is 1.58. The van der Waals surface area contributed by atoms with E-state index in [0.29, 0.717) is 43.5 Å². The van der Waals surface area contributed by atoms with Crippen LogP contribution in [-0.4, -0.2) is 42.0 Å². The third kappa shape index (κ3) is 6.60. The summed E-state index contributed by atoms with van der Waals surface area (Å²) < 4.78 is 14.5. The Morgan fingerprint density at radius 2 is 2.14 bits per heavy atom. The standard InChI is InChI=1S/C28H30FN5O2S/c29-26-9-17(3-4-19(26)14-30)25-13-24(10-21(31)2-1-7-33-16-35)37-28(25)18-5-6-27(32)20(8-18)15-34-22-11-23(36)12-22/h3-6,8-9,13,15-16,21-23,32,34,36H,1-2,7,10-12,31H2,(H,33,35)/b20-15-,32-27?. The van der Waals surface area contributed by atoms with Crippen LogP contribution in [0.15, 0.2) is 54.3 Å². The number of nitrogens with two attached hydrogens (primary N) is 1. The molecule has 0 aliphatic heterocycles. The molecule has 37 heavy (non-hydrogen) atoms. The number of thiophene rings is 1. The molecule has 4 rings (SSSR count). The number of benzene rings is 1. The van der Waals surface area contributed by atoms with E-state index in [2.05, 4.69) is 10.6 Å². The Balaban J connectivity index is 1.64. The maximum atomic E-state index is 14.5. The molecule has 1 aromatic carbocycles. The highest BCUT2D eigenvalue weighted by Gasteiger charge is 2.26. The van der Waals surface area contributed by atoms with Crippen LogP contribution in [0.1, 0.15) is 41.0 Å². The van der Waals surface area contributed by atoms with Crippen LogP contribution >= 0.6 is 11.3 Å². The molecule has 2 aliphatic rings. The molecule has 6 N–H and O–H groups in total. The maximum absolute atomic E-state index is 14.5. The Kier molecular flexibility index (Phi) is 8.66. The van der Waals surface area contributed by atoms with Gasteiger partial charge in [-0.05, 0) is 73.6 Å². The summed E-state index contributed by atoms with van der Waals surface area (Å²) in [4.78, 5) is 12.4. The Bertz CT molecular complexity index is 1300. The lowest BCUT2D eigenvalue weighted by molar-refractivity contribution is -0.109. The molecule has 9 heteroatoms. The van der Waals surface area contributed by atoms with Gasteiger partial charge in [-0.15, -0.1) is 11.3 Å². The normalized spacial score (nSPS) is 20.6. The van der Waals surface area contributed by atoms with Gasteiger partial charge in [0, 0.05) is 45.7 Å². The molecule has 1 fully saturated rings. The number of nitrogens with zero attached hydrogens (tertiary/aromatic N) is 1. The predicted octanol–water partition coefficient (Wildman–Crippen LogP) is 3.79. The molecule has 0 spiro atoms. The number of carbonyl (C=O) groups excluding carboxylic acids is 1. The van der Waals surface area contributed by atoms with Gasteiger partial charge in [0.25, 0.3) is 0 Å². The molecular weight excluding hydrogens is 489 g/mol. The minimum Gasteiger partial charge on any atom is -0.393 e. The molecule has 2 aromatic rings. The first kappa shape index (κ1) is 26.5. The number of hydrogen-bond acceptors (Lipinski definition) is 7. The number of aliphatic hydroxyl groups is 1. The number of aliphatic hydroxyl groups excluding tert-OH is 1. The van der Waals surface area contributed by atoms with E-state index in [0.717, 1.165) is 39.3 Å². The van der Waals surface area contributed by atoms with Gasteiger partial charge in [-0.2, -0.15) is 5.26 Å². The smallest absolute Gasteiger partial charge is 0.207 e. The quantitative estimate of drug-likeness (QED) is 0.227. The van der Waals surface area contributed by atoms with E-state index < -0.39 is 5.82 Å². The SMILES string of the molecule is N#Cc1ccc(-c2cc(CC(N)CCCNC=O)sc2C2=C/C(=C/NC3CC(O)C3)C(=N)C=C2)cc1F. The van der Waals surface area contributed by atoms with Crippen molar-refractivity contribution in [2.75, 3.05) is 6.54 Å². The first-order valence-electron chi connectivity index (χ1n) is 12.3. The Labute approximate surface area is 219 Å². The zero-order valence-electron chi connectivity index (χ0n) is 20.3. The molecule has 1 heterocycles. The number of nitrogens with one attached hydrogen (secondary N) is 3. The van der Waals surface area contributed by atoms with Gasteiger partial charge in [0.15, 0.2) is 0 Å². The molecule has 0 saturated heterocycles. The molecule has 1 atom stereocenters.